The number of methoxy groups -OCH3 is 1. The molecule has 152 valence electrons. The van der Waals surface area contributed by atoms with E-state index in [-0.39, 0.29) is 23.6 Å². The van der Waals surface area contributed by atoms with E-state index in [4.69, 9.17) is 4.74 Å². The summed E-state index contributed by atoms with van der Waals surface area (Å²) in [5.74, 6) is -1.41. The van der Waals surface area contributed by atoms with Crippen molar-refractivity contribution in [1.82, 2.24) is 4.90 Å². The maximum Gasteiger partial charge on any atom is 0.290 e. The van der Waals surface area contributed by atoms with E-state index >= 15 is 0 Å². The van der Waals surface area contributed by atoms with Gasteiger partial charge in [0.15, 0.2) is 17.3 Å². The lowest BCUT2D eigenvalue weighted by atomic mass is 9.95. The molecule has 1 amide bonds. The van der Waals surface area contributed by atoms with Crippen LogP contribution in [0.4, 0.5) is 0 Å². The lowest BCUT2D eigenvalue weighted by Crippen LogP contribution is -2.30. The fourth-order valence-corrected chi connectivity index (χ4v) is 4.26. The van der Waals surface area contributed by atoms with Crippen molar-refractivity contribution in [2.75, 3.05) is 7.11 Å². The summed E-state index contributed by atoms with van der Waals surface area (Å²) in [6.07, 6.45) is 0. The van der Waals surface area contributed by atoms with Crippen LogP contribution in [-0.4, -0.2) is 33.9 Å². The highest BCUT2D eigenvalue weighted by atomic mass is 32.1. The molecule has 1 aliphatic heterocycles. The van der Waals surface area contributed by atoms with Crippen LogP contribution in [0.15, 0.2) is 77.4 Å². The maximum absolute atomic E-state index is 13.2. The van der Waals surface area contributed by atoms with E-state index in [2.05, 4.69) is 0 Å². The summed E-state index contributed by atoms with van der Waals surface area (Å²) in [4.78, 5) is 28.1. The molecule has 1 aliphatic rings. The summed E-state index contributed by atoms with van der Waals surface area (Å²) >= 11 is 1.24. The molecule has 0 radical (unpaired) electrons. The van der Waals surface area contributed by atoms with Crippen LogP contribution in [0.3, 0.4) is 0 Å². The second-order valence-corrected chi connectivity index (χ2v) is 7.77. The lowest BCUT2D eigenvalue weighted by molar-refractivity contribution is -0.130. The van der Waals surface area contributed by atoms with E-state index in [9.17, 15) is 19.8 Å². The first-order chi connectivity index (χ1) is 14.5. The third-order valence-electron chi connectivity index (χ3n) is 5.01. The van der Waals surface area contributed by atoms with Crippen LogP contribution >= 0.6 is 11.3 Å². The third-order valence-corrected chi connectivity index (χ3v) is 5.88. The first-order valence-electron chi connectivity index (χ1n) is 9.24. The molecule has 30 heavy (non-hydrogen) atoms. The molecule has 0 saturated carbocycles. The van der Waals surface area contributed by atoms with Crippen molar-refractivity contribution in [1.29, 1.82) is 0 Å². The molecule has 1 atom stereocenters. The number of nitrogens with zero attached hydrogens (tertiary/aromatic N) is 1. The van der Waals surface area contributed by atoms with E-state index < -0.39 is 23.5 Å². The maximum atomic E-state index is 13.2. The fourth-order valence-electron chi connectivity index (χ4n) is 3.58. The number of carbonyl (C=O) groups excluding carboxylic acids is 2. The highest BCUT2D eigenvalue weighted by Gasteiger charge is 2.44. The van der Waals surface area contributed by atoms with Gasteiger partial charge >= 0.3 is 0 Å². The van der Waals surface area contributed by atoms with E-state index in [1.54, 1.807) is 29.6 Å². The predicted molar refractivity (Wildman–Crippen MR) is 113 cm³/mol. The summed E-state index contributed by atoms with van der Waals surface area (Å²) in [6, 6.07) is 16.6. The van der Waals surface area contributed by atoms with Crippen molar-refractivity contribution in [3.63, 3.8) is 0 Å². The Bertz CT molecular complexity index is 1120. The largest absolute Gasteiger partial charge is 0.504 e. The number of benzene rings is 2. The summed E-state index contributed by atoms with van der Waals surface area (Å²) in [5, 5.41) is 22.4. The number of carbonyl (C=O) groups is 2. The SMILES string of the molecule is COc1cc(C2C(C(=O)c3cccs3)=C(O)C(=O)N2Cc2ccccc2)ccc1O. The van der Waals surface area contributed by atoms with Crippen LogP contribution in [0.2, 0.25) is 0 Å². The number of aromatic hydroxyl groups is 1. The molecule has 7 heteroatoms. The Hall–Kier alpha value is -3.58. The van der Waals surface area contributed by atoms with Crippen molar-refractivity contribution in [2.24, 2.45) is 0 Å². The Labute approximate surface area is 177 Å². The summed E-state index contributed by atoms with van der Waals surface area (Å²) in [5.41, 5.74) is 1.43. The van der Waals surface area contributed by atoms with Gasteiger partial charge < -0.3 is 19.8 Å². The van der Waals surface area contributed by atoms with Gasteiger partial charge in [0.25, 0.3) is 5.91 Å². The van der Waals surface area contributed by atoms with Crippen molar-refractivity contribution in [3.05, 3.63) is 93.4 Å². The Morgan fingerprint density at radius 1 is 1.10 bits per heavy atom. The molecule has 2 aromatic carbocycles. The first kappa shape index (κ1) is 19.7. The zero-order chi connectivity index (χ0) is 21.3. The highest BCUT2D eigenvalue weighted by molar-refractivity contribution is 7.12. The van der Waals surface area contributed by atoms with Crippen molar-refractivity contribution < 1.29 is 24.5 Å². The number of amides is 1. The van der Waals surface area contributed by atoms with Gasteiger partial charge in [-0.15, -0.1) is 11.3 Å². The van der Waals surface area contributed by atoms with Crippen molar-refractivity contribution in [2.45, 2.75) is 12.6 Å². The summed E-state index contributed by atoms with van der Waals surface area (Å²) < 4.78 is 5.21. The fraction of sp³-hybridized carbons (Fsp3) is 0.130. The number of aliphatic hydroxyl groups excluding tert-OH is 1. The number of hydrogen-bond acceptors (Lipinski definition) is 6. The molecule has 0 saturated heterocycles. The Morgan fingerprint density at radius 2 is 1.87 bits per heavy atom. The standard InChI is InChI=1S/C23H19NO5S/c1-29-17-12-15(9-10-16(17)25)20-19(21(26)18-8-5-11-30-18)22(27)23(28)24(20)13-14-6-3-2-4-7-14/h2-12,20,25,27H,13H2,1H3. The molecule has 0 bridgehead atoms. The predicted octanol–water partition coefficient (Wildman–Crippen LogP) is 4.24. The molecule has 0 aliphatic carbocycles. The van der Waals surface area contributed by atoms with Crippen LogP contribution in [0.1, 0.15) is 26.8 Å². The van der Waals surface area contributed by atoms with Crippen LogP contribution in [0.5, 0.6) is 11.5 Å². The third kappa shape index (κ3) is 3.44. The number of Topliss-reactive ketones (excluding diaryl/α,β-unsaturated/α-hetero) is 1. The number of aliphatic hydroxyl groups is 1. The minimum atomic E-state index is -0.818. The molecule has 2 N–H and O–H groups in total. The Kier molecular flexibility index (Phi) is 5.29. The first-order valence-corrected chi connectivity index (χ1v) is 10.1. The van der Waals surface area contributed by atoms with Crippen LogP contribution in [-0.2, 0) is 11.3 Å². The summed E-state index contributed by atoms with van der Waals surface area (Å²) in [7, 11) is 1.42. The van der Waals surface area contributed by atoms with Gasteiger partial charge in [0.05, 0.1) is 23.6 Å². The Balaban J connectivity index is 1.83. The van der Waals surface area contributed by atoms with Crippen LogP contribution in [0, 0.1) is 0 Å². The molecular formula is C23H19NO5S. The second kappa shape index (κ2) is 8.04. The average molecular weight is 421 g/mol. The summed E-state index contributed by atoms with van der Waals surface area (Å²) in [6.45, 7) is 0.207. The molecule has 0 fully saturated rings. The van der Waals surface area contributed by atoms with Gasteiger partial charge in [-0.25, -0.2) is 0 Å². The van der Waals surface area contributed by atoms with Crippen LogP contribution in [0.25, 0.3) is 0 Å². The van der Waals surface area contributed by atoms with E-state index in [0.29, 0.717) is 10.4 Å². The van der Waals surface area contributed by atoms with Crippen LogP contribution < -0.4 is 4.74 Å². The molecule has 1 unspecified atom stereocenters. The topological polar surface area (TPSA) is 87.1 Å². The Morgan fingerprint density at radius 3 is 2.53 bits per heavy atom. The van der Waals surface area contributed by atoms with Gasteiger partial charge in [0.2, 0.25) is 5.78 Å². The number of thiophene rings is 1. The quantitative estimate of drug-likeness (QED) is 0.582. The molecule has 1 aromatic heterocycles. The normalized spacial score (nSPS) is 16.2. The van der Waals surface area contributed by atoms with Gasteiger partial charge in [-0.2, -0.15) is 0 Å². The number of rotatable bonds is 6. The van der Waals surface area contributed by atoms with Gasteiger partial charge in [0.1, 0.15) is 0 Å². The van der Waals surface area contributed by atoms with E-state index in [0.717, 1.165) is 5.56 Å². The molecule has 0 spiro atoms. The van der Waals surface area contributed by atoms with Gasteiger partial charge in [-0.3, -0.25) is 9.59 Å². The molecular weight excluding hydrogens is 402 g/mol. The monoisotopic (exact) mass is 421 g/mol. The molecule has 4 rings (SSSR count). The smallest absolute Gasteiger partial charge is 0.290 e. The second-order valence-electron chi connectivity index (χ2n) is 6.82. The molecule has 3 aromatic rings. The zero-order valence-electron chi connectivity index (χ0n) is 16.1. The van der Waals surface area contributed by atoms with Crippen molar-refractivity contribution in [3.8, 4) is 11.5 Å². The number of phenolic OH excluding ortho intramolecular Hbond substituents is 1. The lowest BCUT2D eigenvalue weighted by Gasteiger charge is -2.27. The minimum Gasteiger partial charge on any atom is -0.504 e. The van der Waals surface area contributed by atoms with E-state index in [1.807, 2.05) is 30.3 Å². The average Bonchev–Trinajstić information content (AvgIpc) is 3.38. The van der Waals surface area contributed by atoms with Gasteiger partial charge in [0, 0.05) is 6.54 Å². The highest BCUT2D eigenvalue weighted by Crippen LogP contribution is 2.42. The van der Waals surface area contributed by atoms with Gasteiger partial charge in [-0.05, 0) is 34.7 Å². The minimum absolute atomic E-state index is 0.0196. The number of ketones is 1. The zero-order valence-corrected chi connectivity index (χ0v) is 16.9. The van der Waals surface area contributed by atoms with Gasteiger partial charge in [-0.1, -0.05) is 42.5 Å². The number of ether oxygens (including phenoxy) is 1. The number of phenols is 1. The van der Waals surface area contributed by atoms with Crippen molar-refractivity contribution >= 4 is 23.0 Å². The molecule has 2 heterocycles. The van der Waals surface area contributed by atoms with E-state index in [1.165, 1.54) is 29.4 Å². The number of hydrogen-bond donors (Lipinski definition) is 2. The molecule has 6 nitrogen and oxygen atoms in total.